The number of rotatable bonds is 9. The van der Waals surface area contributed by atoms with Gasteiger partial charge in [0.25, 0.3) is 0 Å². The van der Waals surface area contributed by atoms with Crippen LogP contribution >= 0.6 is 0 Å². The molecule has 3 aliphatic rings. The van der Waals surface area contributed by atoms with Gasteiger partial charge in [-0.2, -0.15) is 4.39 Å². The predicted molar refractivity (Wildman–Crippen MR) is 152 cm³/mol. The Morgan fingerprint density at radius 2 is 2.06 bits per heavy atom. The molecule has 1 saturated heterocycles. The zero-order chi connectivity index (χ0) is 26.3. The Hall–Kier alpha value is -3.44. The summed E-state index contributed by atoms with van der Waals surface area (Å²) in [5.41, 5.74) is 5.22. The Balaban J connectivity index is 0.000000198. The van der Waals surface area contributed by atoms with Crippen LogP contribution in [0.5, 0.6) is 0 Å². The van der Waals surface area contributed by atoms with Gasteiger partial charge in [0.1, 0.15) is 0 Å². The molecule has 0 spiro atoms. The van der Waals surface area contributed by atoms with E-state index in [1.165, 1.54) is 31.2 Å². The fraction of sp³-hybridized carbons (Fsp3) is 0.323. The molecule has 1 aromatic heterocycles. The average molecular weight is 489 g/mol. The number of dihydropyridines is 1. The largest absolute Gasteiger partial charge is 0.383 e. The van der Waals surface area contributed by atoms with E-state index < -0.39 is 0 Å². The third-order valence-electron chi connectivity index (χ3n) is 6.24. The third kappa shape index (κ3) is 9.67. The summed E-state index contributed by atoms with van der Waals surface area (Å²) < 4.78 is 12.8. The van der Waals surface area contributed by atoms with E-state index in [9.17, 15) is 4.39 Å². The fourth-order valence-corrected chi connectivity index (χ4v) is 3.98. The van der Waals surface area contributed by atoms with Gasteiger partial charge in [0.05, 0.1) is 0 Å². The minimum Gasteiger partial charge on any atom is -0.383 e. The van der Waals surface area contributed by atoms with Crippen LogP contribution in [0, 0.1) is 5.95 Å². The van der Waals surface area contributed by atoms with Gasteiger partial charge in [-0.15, -0.1) is 6.58 Å². The molecule has 0 amide bonds. The zero-order valence-corrected chi connectivity index (χ0v) is 21.7. The second-order valence-corrected chi connectivity index (χ2v) is 9.02. The molecule has 3 heterocycles. The van der Waals surface area contributed by atoms with Gasteiger partial charge in [0, 0.05) is 41.9 Å². The summed E-state index contributed by atoms with van der Waals surface area (Å²) in [5, 5.41) is 6.39. The molecule has 1 atom stereocenters. The molecular weight excluding hydrogens is 447 g/mol. The number of hydrogen-bond acceptors (Lipinski definition) is 4. The van der Waals surface area contributed by atoms with E-state index in [0.29, 0.717) is 12.0 Å². The maximum atomic E-state index is 12.8. The Morgan fingerprint density at radius 3 is 2.61 bits per heavy atom. The summed E-state index contributed by atoms with van der Waals surface area (Å²) in [4.78, 5) is 5.92. The normalized spacial score (nSPS) is 18.9. The lowest BCUT2D eigenvalue weighted by molar-refractivity contribution is 0.335. The number of nitrogens with one attached hydrogen (secondary N) is 2. The average Bonchev–Trinajstić information content (AvgIpc) is 3.63. The molecular formula is C31H41FN4. The van der Waals surface area contributed by atoms with Gasteiger partial charge in [-0.05, 0) is 74.9 Å². The van der Waals surface area contributed by atoms with E-state index in [0.717, 1.165) is 48.3 Å². The zero-order valence-electron chi connectivity index (χ0n) is 21.7. The summed E-state index contributed by atoms with van der Waals surface area (Å²) in [7, 11) is 2.15. The van der Waals surface area contributed by atoms with Crippen molar-refractivity contribution in [1.29, 1.82) is 0 Å². The van der Waals surface area contributed by atoms with Crippen molar-refractivity contribution in [1.82, 2.24) is 20.5 Å². The van der Waals surface area contributed by atoms with Crippen LogP contribution < -0.4 is 10.6 Å². The molecule has 5 heteroatoms. The van der Waals surface area contributed by atoms with E-state index in [1.807, 2.05) is 42.6 Å². The Labute approximate surface area is 217 Å². The van der Waals surface area contributed by atoms with Gasteiger partial charge in [-0.1, -0.05) is 62.8 Å². The van der Waals surface area contributed by atoms with Crippen LogP contribution in [-0.2, 0) is 0 Å². The monoisotopic (exact) mass is 488 g/mol. The molecule has 4 rings (SSSR count). The molecule has 1 aliphatic carbocycles. The standard InChI is InChI=1S/C14H22N2.C9H11N.C8H8FN/c1-5-8-13(6-2)11-15-12(3)14-9-7-10-16(14)4;1-3-5-9-6-4-7-10-8(9)2;9-8-7(6-3-4-6)2-1-5-10-8/h5-6,8,14-15H,1-3,7,9-11H2,4H3;3-4,6-7,10H,1-2,5H2;1-2,5-6H,3-4H2/b13-8+;;. The maximum absolute atomic E-state index is 12.8. The van der Waals surface area contributed by atoms with Crippen molar-refractivity contribution in [3.8, 4) is 0 Å². The molecule has 2 fully saturated rings. The lowest BCUT2D eigenvalue weighted by Crippen LogP contribution is -2.33. The number of halogens is 1. The summed E-state index contributed by atoms with van der Waals surface area (Å²) in [6.07, 6.45) is 20.4. The number of allylic oxidation sites excluding steroid dienone is 6. The molecule has 2 aliphatic heterocycles. The summed E-state index contributed by atoms with van der Waals surface area (Å²) >= 11 is 0. The number of pyridine rings is 1. The number of nitrogens with zero attached hydrogens (tertiary/aromatic N) is 2. The van der Waals surface area contributed by atoms with E-state index in [4.69, 9.17) is 0 Å². The molecule has 1 saturated carbocycles. The molecule has 2 N–H and O–H groups in total. The number of aromatic nitrogens is 1. The minimum absolute atomic E-state index is 0.287. The van der Waals surface area contributed by atoms with E-state index >= 15 is 0 Å². The SMILES string of the molecule is C=C/C=C(\C=C)CNC(=C)C1CCCN1C.C=CCC1=CC=CNC1=C.Fc1ncccc1C1CC1. The van der Waals surface area contributed by atoms with Crippen molar-refractivity contribution in [2.24, 2.45) is 0 Å². The summed E-state index contributed by atoms with van der Waals surface area (Å²) in [5.74, 6) is 0.179. The minimum atomic E-state index is -0.287. The Morgan fingerprint density at radius 1 is 1.28 bits per heavy atom. The molecule has 1 unspecified atom stereocenters. The van der Waals surface area contributed by atoms with Crippen molar-refractivity contribution in [2.45, 2.75) is 44.1 Å². The highest BCUT2D eigenvalue weighted by Gasteiger charge is 2.26. The summed E-state index contributed by atoms with van der Waals surface area (Å²) in [6, 6.07) is 4.09. The van der Waals surface area contributed by atoms with Gasteiger partial charge >= 0.3 is 0 Å². The maximum Gasteiger partial charge on any atom is 0.216 e. The second-order valence-electron chi connectivity index (χ2n) is 9.02. The van der Waals surface area contributed by atoms with Crippen molar-refractivity contribution >= 4 is 0 Å². The highest BCUT2D eigenvalue weighted by atomic mass is 19.1. The van der Waals surface area contributed by atoms with Gasteiger partial charge in [0.2, 0.25) is 5.95 Å². The van der Waals surface area contributed by atoms with Gasteiger partial charge < -0.3 is 10.6 Å². The summed E-state index contributed by atoms with van der Waals surface area (Å²) in [6.45, 7) is 21.0. The van der Waals surface area contributed by atoms with E-state index in [1.54, 1.807) is 12.1 Å². The van der Waals surface area contributed by atoms with Crippen LogP contribution in [-0.4, -0.2) is 36.1 Å². The smallest absolute Gasteiger partial charge is 0.216 e. The number of likely N-dealkylation sites (N-methyl/N-ethyl adjacent to an activating group) is 1. The molecule has 1 aromatic rings. The number of likely N-dealkylation sites (tertiary alicyclic amines) is 1. The van der Waals surface area contributed by atoms with Gasteiger partial charge in [-0.3, -0.25) is 4.90 Å². The van der Waals surface area contributed by atoms with Crippen molar-refractivity contribution in [3.63, 3.8) is 0 Å². The molecule has 4 nitrogen and oxygen atoms in total. The molecule has 0 radical (unpaired) electrons. The van der Waals surface area contributed by atoms with Crippen LogP contribution in [0.4, 0.5) is 4.39 Å². The van der Waals surface area contributed by atoms with Crippen molar-refractivity contribution < 1.29 is 4.39 Å². The van der Waals surface area contributed by atoms with E-state index in [2.05, 4.69) is 60.5 Å². The fourth-order valence-electron chi connectivity index (χ4n) is 3.98. The van der Waals surface area contributed by atoms with Gasteiger partial charge in [-0.25, -0.2) is 4.98 Å². The highest BCUT2D eigenvalue weighted by molar-refractivity contribution is 5.36. The van der Waals surface area contributed by atoms with Crippen LogP contribution in [0.2, 0.25) is 0 Å². The molecule has 0 aromatic carbocycles. The van der Waals surface area contributed by atoms with E-state index in [-0.39, 0.29) is 5.95 Å². The molecule has 192 valence electrons. The first kappa shape index (κ1) is 28.8. The second kappa shape index (κ2) is 15.5. The van der Waals surface area contributed by atoms with Gasteiger partial charge in [0.15, 0.2) is 0 Å². The van der Waals surface area contributed by atoms with Crippen LogP contribution in [0.15, 0.2) is 116 Å². The lowest BCUT2D eigenvalue weighted by atomic mass is 10.1. The molecule has 36 heavy (non-hydrogen) atoms. The van der Waals surface area contributed by atoms with Crippen molar-refractivity contribution in [2.75, 3.05) is 20.1 Å². The Bertz CT molecular complexity index is 1010. The Kier molecular flexibility index (Phi) is 12.4. The molecule has 0 bridgehead atoms. The lowest BCUT2D eigenvalue weighted by Gasteiger charge is -2.23. The van der Waals surface area contributed by atoms with Crippen molar-refractivity contribution in [3.05, 3.63) is 128 Å². The van der Waals surface area contributed by atoms with Crippen LogP contribution in [0.25, 0.3) is 0 Å². The number of hydrogen-bond donors (Lipinski definition) is 2. The third-order valence-corrected chi connectivity index (χ3v) is 6.24. The van der Waals surface area contributed by atoms with Crippen LogP contribution in [0.1, 0.15) is 43.6 Å². The predicted octanol–water partition coefficient (Wildman–Crippen LogP) is 6.70. The quantitative estimate of drug-likeness (QED) is 0.231. The van der Waals surface area contributed by atoms with Crippen LogP contribution in [0.3, 0.4) is 0 Å². The first-order valence-electron chi connectivity index (χ1n) is 12.5. The first-order chi connectivity index (χ1) is 17.4. The first-order valence-corrected chi connectivity index (χ1v) is 12.5. The highest BCUT2D eigenvalue weighted by Crippen LogP contribution is 2.40. The topological polar surface area (TPSA) is 40.2 Å².